The first kappa shape index (κ1) is 23.9. The summed E-state index contributed by atoms with van der Waals surface area (Å²) < 4.78 is 10.7. The summed E-state index contributed by atoms with van der Waals surface area (Å²) in [5.41, 5.74) is 0.608. The van der Waals surface area contributed by atoms with Crippen molar-refractivity contribution in [3.8, 4) is 5.75 Å². The fraction of sp³-hybridized carbons (Fsp3) is 0.333. The summed E-state index contributed by atoms with van der Waals surface area (Å²) in [7, 11) is 1.48. The third-order valence-corrected chi connectivity index (χ3v) is 5.30. The quantitative estimate of drug-likeness (QED) is 0.153. The molecular weight excluding hydrogens is 428 g/mol. The maximum atomic E-state index is 13.0. The summed E-state index contributed by atoms with van der Waals surface area (Å²) in [5, 5.41) is 22.1. The van der Waals surface area contributed by atoms with E-state index in [2.05, 4.69) is 0 Å². The predicted octanol–water partition coefficient (Wildman–Crippen LogP) is 3.84. The van der Waals surface area contributed by atoms with E-state index in [1.54, 1.807) is 24.3 Å². The Kier molecular flexibility index (Phi) is 7.44. The molecule has 0 spiro atoms. The molecule has 0 unspecified atom stereocenters. The van der Waals surface area contributed by atoms with E-state index in [0.29, 0.717) is 29.9 Å². The number of likely N-dealkylation sites (tertiary alicyclic amines) is 1. The highest BCUT2D eigenvalue weighted by Crippen LogP contribution is 2.40. The molecule has 1 atom stereocenters. The Morgan fingerprint density at radius 2 is 1.88 bits per heavy atom. The highest BCUT2D eigenvalue weighted by atomic mass is 16.6. The van der Waals surface area contributed by atoms with Crippen LogP contribution in [-0.4, -0.2) is 53.0 Å². The van der Waals surface area contributed by atoms with Crippen molar-refractivity contribution in [2.75, 3.05) is 20.3 Å². The first-order chi connectivity index (χ1) is 15.7. The van der Waals surface area contributed by atoms with E-state index < -0.39 is 22.7 Å². The van der Waals surface area contributed by atoms with E-state index in [-0.39, 0.29) is 29.7 Å². The normalized spacial score (nSPS) is 17.6. The van der Waals surface area contributed by atoms with Crippen molar-refractivity contribution in [3.63, 3.8) is 0 Å². The van der Waals surface area contributed by atoms with Gasteiger partial charge in [-0.1, -0.05) is 12.1 Å². The van der Waals surface area contributed by atoms with Gasteiger partial charge in [-0.15, -0.1) is 0 Å². The van der Waals surface area contributed by atoms with Gasteiger partial charge in [0.15, 0.2) is 0 Å². The number of ketones is 1. The van der Waals surface area contributed by atoms with Gasteiger partial charge < -0.3 is 19.5 Å². The minimum Gasteiger partial charge on any atom is -0.507 e. The first-order valence-electron chi connectivity index (χ1n) is 10.5. The molecule has 1 aliphatic rings. The van der Waals surface area contributed by atoms with Crippen molar-refractivity contribution >= 4 is 23.1 Å². The van der Waals surface area contributed by atoms with Crippen LogP contribution in [0.15, 0.2) is 54.1 Å². The Labute approximate surface area is 191 Å². The van der Waals surface area contributed by atoms with Gasteiger partial charge in [0.1, 0.15) is 11.5 Å². The standard InChI is InChI=1S/C24H26N2O7/c1-15(2)33-13-5-12-25-21(16-8-10-18(11-9-16)26(30)31)20(23(28)24(25)29)22(27)17-6-4-7-19(14-17)32-3/h4,6-11,14-15,21,27H,5,12-13H2,1-3H3/t21-/m1/s1. The molecular formula is C24H26N2O7. The number of Topliss-reactive ketones (excluding diaryl/α,β-unsaturated/α-hetero) is 1. The zero-order chi connectivity index (χ0) is 24.1. The van der Waals surface area contributed by atoms with Crippen molar-refractivity contribution in [3.05, 3.63) is 75.3 Å². The average Bonchev–Trinajstić information content (AvgIpc) is 3.06. The van der Waals surface area contributed by atoms with Crippen LogP contribution < -0.4 is 4.74 Å². The molecule has 0 radical (unpaired) electrons. The van der Waals surface area contributed by atoms with E-state index in [1.807, 2.05) is 13.8 Å². The SMILES string of the molecule is COc1cccc(C(O)=C2C(=O)C(=O)N(CCCOC(C)C)[C@@H]2c2ccc([N+](=O)[O-])cc2)c1. The zero-order valence-corrected chi connectivity index (χ0v) is 18.7. The second kappa shape index (κ2) is 10.3. The Morgan fingerprint density at radius 1 is 1.18 bits per heavy atom. The summed E-state index contributed by atoms with van der Waals surface area (Å²) in [6.07, 6.45) is 0.507. The lowest BCUT2D eigenvalue weighted by molar-refractivity contribution is -0.384. The molecule has 0 aliphatic carbocycles. The first-order valence-corrected chi connectivity index (χ1v) is 10.5. The Hall–Kier alpha value is -3.72. The van der Waals surface area contributed by atoms with Crippen LogP contribution in [0.5, 0.6) is 5.75 Å². The molecule has 0 saturated carbocycles. The summed E-state index contributed by atoms with van der Waals surface area (Å²) in [6, 6.07) is 11.2. The fourth-order valence-corrected chi connectivity index (χ4v) is 3.72. The Morgan fingerprint density at radius 3 is 2.48 bits per heavy atom. The molecule has 2 aromatic carbocycles. The molecule has 1 heterocycles. The van der Waals surface area contributed by atoms with Crippen molar-refractivity contribution in [2.45, 2.75) is 32.4 Å². The average molecular weight is 454 g/mol. The lowest BCUT2D eigenvalue weighted by atomic mass is 9.95. The largest absolute Gasteiger partial charge is 0.507 e. The minimum absolute atomic E-state index is 0.0268. The van der Waals surface area contributed by atoms with Crippen LogP contribution in [0.25, 0.3) is 5.76 Å². The van der Waals surface area contributed by atoms with Gasteiger partial charge in [-0.3, -0.25) is 19.7 Å². The topological polar surface area (TPSA) is 119 Å². The number of aliphatic hydroxyl groups excluding tert-OH is 1. The van der Waals surface area contributed by atoms with Gasteiger partial charge in [-0.2, -0.15) is 0 Å². The zero-order valence-electron chi connectivity index (χ0n) is 18.7. The number of nitro groups is 1. The van der Waals surface area contributed by atoms with Gasteiger partial charge in [0.05, 0.1) is 29.8 Å². The number of hydrogen-bond donors (Lipinski definition) is 1. The van der Waals surface area contributed by atoms with Gasteiger partial charge >= 0.3 is 0 Å². The number of amides is 1. The minimum atomic E-state index is -0.893. The van der Waals surface area contributed by atoms with Gasteiger partial charge in [-0.05, 0) is 50.1 Å². The number of carbonyl (C=O) groups excluding carboxylic acids is 2. The lowest BCUT2D eigenvalue weighted by Crippen LogP contribution is -2.31. The van der Waals surface area contributed by atoms with E-state index in [4.69, 9.17) is 9.47 Å². The molecule has 3 rings (SSSR count). The van der Waals surface area contributed by atoms with Crippen LogP contribution in [0.3, 0.4) is 0 Å². The molecule has 174 valence electrons. The summed E-state index contributed by atoms with van der Waals surface area (Å²) in [4.78, 5) is 37.8. The third kappa shape index (κ3) is 5.20. The fourth-order valence-electron chi connectivity index (χ4n) is 3.72. The molecule has 0 aromatic heterocycles. The second-order valence-electron chi connectivity index (χ2n) is 7.85. The number of ether oxygens (including phenoxy) is 2. The number of nitrogens with zero attached hydrogens (tertiary/aromatic N) is 2. The molecule has 1 saturated heterocycles. The van der Waals surface area contributed by atoms with E-state index in [1.165, 1.54) is 36.3 Å². The van der Waals surface area contributed by atoms with Crippen molar-refractivity contribution in [2.24, 2.45) is 0 Å². The smallest absolute Gasteiger partial charge is 0.295 e. The monoisotopic (exact) mass is 454 g/mol. The van der Waals surface area contributed by atoms with Crippen molar-refractivity contribution in [1.29, 1.82) is 0 Å². The number of aliphatic hydroxyl groups is 1. The summed E-state index contributed by atoms with van der Waals surface area (Å²) >= 11 is 0. The maximum absolute atomic E-state index is 13.0. The van der Waals surface area contributed by atoms with Crippen LogP contribution in [0.1, 0.15) is 37.4 Å². The lowest BCUT2D eigenvalue weighted by Gasteiger charge is -2.25. The number of non-ortho nitro benzene ring substituents is 1. The van der Waals surface area contributed by atoms with E-state index in [9.17, 15) is 24.8 Å². The summed E-state index contributed by atoms with van der Waals surface area (Å²) in [5.74, 6) is -1.42. The summed E-state index contributed by atoms with van der Waals surface area (Å²) in [6.45, 7) is 4.41. The maximum Gasteiger partial charge on any atom is 0.295 e. The molecule has 33 heavy (non-hydrogen) atoms. The highest BCUT2D eigenvalue weighted by molar-refractivity contribution is 6.46. The Balaban J connectivity index is 2.06. The van der Waals surface area contributed by atoms with Crippen LogP contribution >= 0.6 is 0 Å². The molecule has 1 amide bonds. The predicted molar refractivity (Wildman–Crippen MR) is 121 cm³/mol. The van der Waals surface area contributed by atoms with Crippen LogP contribution in [-0.2, 0) is 14.3 Å². The number of rotatable bonds is 9. The number of carbonyl (C=O) groups is 2. The third-order valence-electron chi connectivity index (χ3n) is 5.30. The number of nitro benzene ring substituents is 1. The van der Waals surface area contributed by atoms with Crippen LogP contribution in [0.4, 0.5) is 5.69 Å². The van der Waals surface area contributed by atoms with Crippen LogP contribution in [0.2, 0.25) is 0 Å². The van der Waals surface area contributed by atoms with Gasteiger partial charge in [0.25, 0.3) is 17.4 Å². The van der Waals surface area contributed by atoms with Crippen molar-refractivity contribution < 1.29 is 29.1 Å². The Bertz CT molecular complexity index is 1080. The number of benzene rings is 2. The van der Waals surface area contributed by atoms with Gasteiger partial charge in [-0.25, -0.2) is 0 Å². The molecule has 1 N–H and O–H groups in total. The molecule has 1 fully saturated rings. The molecule has 9 heteroatoms. The number of hydrogen-bond acceptors (Lipinski definition) is 7. The number of methoxy groups -OCH3 is 1. The molecule has 2 aromatic rings. The van der Waals surface area contributed by atoms with Crippen molar-refractivity contribution in [1.82, 2.24) is 4.90 Å². The van der Waals surface area contributed by atoms with Crippen LogP contribution in [0, 0.1) is 10.1 Å². The van der Waals surface area contributed by atoms with Gasteiger partial charge in [0, 0.05) is 30.8 Å². The van der Waals surface area contributed by atoms with E-state index in [0.717, 1.165) is 0 Å². The molecule has 9 nitrogen and oxygen atoms in total. The highest BCUT2D eigenvalue weighted by Gasteiger charge is 2.45. The second-order valence-corrected chi connectivity index (χ2v) is 7.85. The van der Waals surface area contributed by atoms with Gasteiger partial charge in [0.2, 0.25) is 0 Å². The molecule has 1 aliphatic heterocycles. The van der Waals surface area contributed by atoms with E-state index >= 15 is 0 Å². The molecule has 0 bridgehead atoms.